The molecule has 0 saturated carbocycles. The molecule has 0 aromatic heterocycles. The van der Waals surface area contributed by atoms with Gasteiger partial charge in [0.2, 0.25) is 0 Å². The number of carbonyl (C=O) groups excluding carboxylic acids is 2. The molecule has 1 fully saturated rings. The predicted molar refractivity (Wildman–Crippen MR) is 140 cm³/mol. The number of hydrogen-bond donors (Lipinski definition) is 0. The predicted octanol–water partition coefficient (Wildman–Crippen LogP) is 5.74. The van der Waals surface area contributed by atoms with Gasteiger partial charge < -0.3 is 14.2 Å². The van der Waals surface area contributed by atoms with Crippen LogP contribution in [0.2, 0.25) is 0 Å². The summed E-state index contributed by atoms with van der Waals surface area (Å²) in [5.41, 5.74) is 2.77. The number of benzene rings is 2. The molecule has 1 heterocycles. The number of amides is 1. The van der Waals surface area contributed by atoms with Crippen LogP contribution >= 0.6 is 11.8 Å². The maximum Gasteiger partial charge on any atom is 0.344 e. The van der Waals surface area contributed by atoms with Gasteiger partial charge in [0, 0.05) is 6.54 Å². The van der Waals surface area contributed by atoms with E-state index in [1.807, 2.05) is 50.3 Å². The SMILES string of the molecule is CCCCN1C(=O)/C(=C\c2ccc(OCC(=O)OCC)c(OCC)c2)SC1=Nc1ccc(C)cc1. The highest BCUT2D eigenvalue weighted by Crippen LogP contribution is 2.36. The van der Waals surface area contributed by atoms with Gasteiger partial charge in [-0.15, -0.1) is 0 Å². The Kier molecular flexibility index (Phi) is 9.78. The van der Waals surface area contributed by atoms with Crippen LogP contribution in [0.4, 0.5) is 5.69 Å². The van der Waals surface area contributed by atoms with E-state index in [2.05, 4.69) is 6.92 Å². The number of aliphatic imine (C=N–C) groups is 1. The molecule has 35 heavy (non-hydrogen) atoms. The minimum Gasteiger partial charge on any atom is -0.490 e. The van der Waals surface area contributed by atoms with Gasteiger partial charge in [-0.05, 0) is 74.9 Å². The van der Waals surface area contributed by atoms with E-state index in [0.717, 1.165) is 29.7 Å². The van der Waals surface area contributed by atoms with Crippen LogP contribution in [0.15, 0.2) is 52.4 Å². The Labute approximate surface area is 211 Å². The maximum atomic E-state index is 13.2. The van der Waals surface area contributed by atoms with Gasteiger partial charge in [0.1, 0.15) is 0 Å². The molecular formula is C27H32N2O5S. The molecule has 2 aromatic rings. The number of thioether (sulfide) groups is 1. The number of hydrogen-bond acceptors (Lipinski definition) is 7. The second-order valence-corrected chi connectivity index (χ2v) is 8.89. The van der Waals surface area contributed by atoms with Crippen LogP contribution in [-0.2, 0) is 14.3 Å². The second kappa shape index (κ2) is 13.0. The van der Waals surface area contributed by atoms with Crippen molar-refractivity contribution in [3.63, 3.8) is 0 Å². The van der Waals surface area contributed by atoms with E-state index in [4.69, 9.17) is 19.2 Å². The number of unbranched alkanes of at least 4 members (excludes halogenated alkanes) is 1. The van der Waals surface area contributed by atoms with Crippen LogP contribution in [0.5, 0.6) is 11.5 Å². The number of ether oxygens (including phenoxy) is 3. The average Bonchev–Trinajstić information content (AvgIpc) is 3.12. The quantitative estimate of drug-likeness (QED) is 0.292. The van der Waals surface area contributed by atoms with Gasteiger partial charge in [0.15, 0.2) is 23.3 Å². The smallest absolute Gasteiger partial charge is 0.344 e. The zero-order valence-corrected chi connectivity index (χ0v) is 21.5. The summed E-state index contributed by atoms with van der Waals surface area (Å²) in [5.74, 6) is 0.438. The zero-order chi connectivity index (χ0) is 25.2. The molecule has 0 aliphatic carbocycles. The summed E-state index contributed by atoms with van der Waals surface area (Å²) >= 11 is 1.37. The standard InChI is InChI=1S/C27H32N2O5S/c1-5-8-15-29-26(31)24(35-27(29)28-21-12-9-19(4)10-13-21)17-20-11-14-22(23(16-20)32-6-2)34-18-25(30)33-7-3/h9-14,16-17H,5-8,15,18H2,1-4H3/b24-17+,28-27?. The Morgan fingerprint density at radius 2 is 1.80 bits per heavy atom. The molecule has 0 spiro atoms. The van der Waals surface area contributed by atoms with Crippen LogP contribution in [0, 0.1) is 6.92 Å². The van der Waals surface area contributed by atoms with Gasteiger partial charge in [-0.2, -0.15) is 0 Å². The summed E-state index contributed by atoms with van der Waals surface area (Å²) in [7, 11) is 0. The number of aryl methyl sites for hydroxylation is 1. The molecule has 186 valence electrons. The third-order valence-corrected chi connectivity index (χ3v) is 6.10. The van der Waals surface area contributed by atoms with Crippen molar-refractivity contribution in [3.8, 4) is 11.5 Å². The van der Waals surface area contributed by atoms with Crippen molar-refractivity contribution < 1.29 is 23.8 Å². The molecule has 0 bridgehead atoms. The molecule has 8 heteroatoms. The fraction of sp³-hybridized carbons (Fsp3) is 0.370. The Bertz CT molecular complexity index is 1100. The molecule has 1 saturated heterocycles. The zero-order valence-electron chi connectivity index (χ0n) is 20.7. The largest absolute Gasteiger partial charge is 0.490 e. The second-order valence-electron chi connectivity index (χ2n) is 7.88. The lowest BCUT2D eigenvalue weighted by atomic mass is 10.2. The molecule has 1 aliphatic heterocycles. The summed E-state index contributed by atoms with van der Waals surface area (Å²) in [4.78, 5) is 32.0. The highest BCUT2D eigenvalue weighted by molar-refractivity contribution is 8.18. The van der Waals surface area contributed by atoms with Gasteiger partial charge in [-0.25, -0.2) is 9.79 Å². The van der Waals surface area contributed by atoms with Crippen LogP contribution < -0.4 is 9.47 Å². The van der Waals surface area contributed by atoms with Gasteiger partial charge >= 0.3 is 5.97 Å². The lowest BCUT2D eigenvalue weighted by Gasteiger charge is -2.14. The van der Waals surface area contributed by atoms with Crippen LogP contribution in [-0.4, -0.2) is 48.3 Å². The topological polar surface area (TPSA) is 77.4 Å². The van der Waals surface area contributed by atoms with Crippen molar-refractivity contribution in [1.82, 2.24) is 4.90 Å². The first-order chi connectivity index (χ1) is 16.9. The molecule has 0 radical (unpaired) electrons. The monoisotopic (exact) mass is 496 g/mol. The van der Waals surface area contributed by atoms with Crippen molar-refractivity contribution >= 4 is 40.6 Å². The first-order valence-corrected chi connectivity index (χ1v) is 12.7. The lowest BCUT2D eigenvalue weighted by Crippen LogP contribution is -2.30. The van der Waals surface area contributed by atoms with Gasteiger partial charge in [-0.1, -0.05) is 37.1 Å². The van der Waals surface area contributed by atoms with Crippen LogP contribution in [0.25, 0.3) is 6.08 Å². The fourth-order valence-corrected chi connectivity index (χ4v) is 4.35. The van der Waals surface area contributed by atoms with E-state index in [9.17, 15) is 9.59 Å². The molecule has 0 N–H and O–H groups in total. The Balaban J connectivity index is 1.86. The van der Waals surface area contributed by atoms with Gasteiger partial charge in [0.25, 0.3) is 5.91 Å². The first-order valence-electron chi connectivity index (χ1n) is 11.9. The molecule has 1 aliphatic rings. The van der Waals surface area contributed by atoms with Crippen molar-refractivity contribution in [2.45, 2.75) is 40.5 Å². The Hall–Kier alpha value is -3.26. The molecule has 0 atom stereocenters. The average molecular weight is 497 g/mol. The van der Waals surface area contributed by atoms with Crippen molar-refractivity contribution in [2.75, 3.05) is 26.4 Å². The minimum absolute atomic E-state index is 0.0603. The summed E-state index contributed by atoms with van der Waals surface area (Å²) in [5, 5.41) is 0.679. The number of esters is 1. The van der Waals surface area contributed by atoms with Crippen molar-refractivity contribution in [2.24, 2.45) is 4.99 Å². The van der Waals surface area contributed by atoms with E-state index in [1.54, 1.807) is 24.0 Å². The molecule has 7 nitrogen and oxygen atoms in total. The summed E-state index contributed by atoms with van der Waals surface area (Å²) in [6.45, 7) is 8.89. The maximum absolute atomic E-state index is 13.2. The molecule has 2 aromatic carbocycles. The Morgan fingerprint density at radius 1 is 1.03 bits per heavy atom. The fourth-order valence-electron chi connectivity index (χ4n) is 3.33. The van der Waals surface area contributed by atoms with E-state index in [0.29, 0.717) is 41.3 Å². The number of carbonyl (C=O) groups is 2. The Morgan fingerprint density at radius 3 is 2.49 bits per heavy atom. The van der Waals surface area contributed by atoms with E-state index in [-0.39, 0.29) is 12.5 Å². The third kappa shape index (κ3) is 7.36. The summed E-state index contributed by atoms with van der Waals surface area (Å²) < 4.78 is 16.2. The first kappa shape index (κ1) is 26.3. The van der Waals surface area contributed by atoms with Crippen LogP contribution in [0.3, 0.4) is 0 Å². The van der Waals surface area contributed by atoms with Crippen LogP contribution in [0.1, 0.15) is 44.7 Å². The third-order valence-electron chi connectivity index (χ3n) is 5.10. The van der Waals surface area contributed by atoms with Gasteiger partial charge in [0.05, 0.1) is 23.8 Å². The minimum atomic E-state index is -0.443. The number of nitrogens with zero attached hydrogens (tertiary/aromatic N) is 2. The molecule has 3 rings (SSSR count). The summed E-state index contributed by atoms with van der Waals surface area (Å²) in [6.07, 6.45) is 3.71. The van der Waals surface area contributed by atoms with E-state index < -0.39 is 5.97 Å². The normalized spacial score (nSPS) is 15.7. The van der Waals surface area contributed by atoms with Gasteiger partial charge in [-0.3, -0.25) is 9.69 Å². The molecule has 0 unspecified atom stereocenters. The lowest BCUT2D eigenvalue weighted by molar-refractivity contribution is -0.145. The highest BCUT2D eigenvalue weighted by atomic mass is 32.2. The van der Waals surface area contributed by atoms with E-state index >= 15 is 0 Å². The summed E-state index contributed by atoms with van der Waals surface area (Å²) in [6, 6.07) is 13.3. The number of amidine groups is 1. The molecular weight excluding hydrogens is 464 g/mol. The number of rotatable bonds is 11. The van der Waals surface area contributed by atoms with Crippen molar-refractivity contribution in [3.05, 3.63) is 58.5 Å². The van der Waals surface area contributed by atoms with E-state index in [1.165, 1.54) is 11.8 Å². The highest BCUT2D eigenvalue weighted by Gasteiger charge is 2.33. The molecule has 1 amide bonds. The van der Waals surface area contributed by atoms with Crippen molar-refractivity contribution in [1.29, 1.82) is 0 Å².